The number of rotatable bonds is 3. The summed E-state index contributed by atoms with van der Waals surface area (Å²) in [7, 11) is 1.55. The fourth-order valence-electron chi connectivity index (χ4n) is 2.86. The van der Waals surface area contributed by atoms with Crippen LogP contribution in [0.5, 0.6) is 11.5 Å². The van der Waals surface area contributed by atoms with Crippen molar-refractivity contribution in [2.45, 2.75) is 25.3 Å². The number of benzene rings is 2. The molecule has 1 aliphatic carbocycles. The third-order valence-corrected chi connectivity index (χ3v) is 3.98. The number of phenols is 1. The Morgan fingerprint density at radius 3 is 2.90 bits per heavy atom. The maximum Gasteiger partial charge on any atom is 0.166 e. The minimum atomic E-state index is 0.146. The van der Waals surface area contributed by atoms with E-state index in [4.69, 9.17) is 9.73 Å². The summed E-state index contributed by atoms with van der Waals surface area (Å²) >= 11 is 0. The first-order valence-electron chi connectivity index (χ1n) is 7.26. The molecule has 0 aromatic heterocycles. The van der Waals surface area contributed by atoms with Crippen LogP contribution < -0.4 is 4.74 Å². The van der Waals surface area contributed by atoms with Gasteiger partial charge in [-0.3, -0.25) is 4.99 Å². The molecule has 0 unspecified atom stereocenters. The monoisotopic (exact) mass is 281 g/mol. The fourth-order valence-corrected chi connectivity index (χ4v) is 2.86. The molecular weight excluding hydrogens is 262 g/mol. The molecule has 3 nitrogen and oxygen atoms in total. The van der Waals surface area contributed by atoms with Crippen molar-refractivity contribution in [3.8, 4) is 11.5 Å². The van der Waals surface area contributed by atoms with Crippen LogP contribution in [0.4, 0.5) is 0 Å². The van der Waals surface area contributed by atoms with Gasteiger partial charge in [0.25, 0.3) is 0 Å². The van der Waals surface area contributed by atoms with Gasteiger partial charge >= 0.3 is 0 Å². The number of hydrogen-bond acceptors (Lipinski definition) is 3. The zero-order valence-corrected chi connectivity index (χ0v) is 12.1. The van der Waals surface area contributed by atoms with Crippen LogP contribution in [0.3, 0.4) is 0 Å². The topological polar surface area (TPSA) is 41.8 Å². The quantitative estimate of drug-likeness (QED) is 0.867. The lowest BCUT2D eigenvalue weighted by atomic mass is 9.88. The molecule has 1 atom stereocenters. The highest BCUT2D eigenvalue weighted by atomic mass is 16.5. The molecule has 0 saturated heterocycles. The van der Waals surface area contributed by atoms with Crippen LogP contribution >= 0.6 is 0 Å². The zero-order valence-electron chi connectivity index (χ0n) is 12.1. The van der Waals surface area contributed by atoms with Gasteiger partial charge in [0.15, 0.2) is 11.5 Å². The number of aliphatic imine (C=N–C) groups is 1. The van der Waals surface area contributed by atoms with E-state index < -0.39 is 0 Å². The lowest BCUT2D eigenvalue weighted by Gasteiger charge is -2.22. The number of para-hydroxylation sites is 1. The highest BCUT2D eigenvalue weighted by Gasteiger charge is 2.18. The first-order valence-corrected chi connectivity index (χ1v) is 7.26. The maximum atomic E-state index is 10.1. The molecule has 2 aromatic rings. The molecule has 0 spiro atoms. The second kappa shape index (κ2) is 6.00. The largest absolute Gasteiger partial charge is 0.504 e. The van der Waals surface area contributed by atoms with Gasteiger partial charge < -0.3 is 9.84 Å². The molecule has 0 bridgehead atoms. The molecule has 0 amide bonds. The van der Waals surface area contributed by atoms with Crippen molar-refractivity contribution < 1.29 is 9.84 Å². The Bertz CT molecular complexity index is 664. The Labute approximate surface area is 124 Å². The standard InChI is InChI=1S/C18H19NO2/c1-21-17-11-5-8-14(18(17)20)12-19-16-10-4-7-13-6-2-3-9-15(13)16/h2-3,5-6,8-9,11-12,16,20H,4,7,10H2,1H3/t16-/m1/s1. The molecule has 0 radical (unpaired) electrons. The molecule has 3 rings (SSSR count). The van der Waals surface area contributed by atoms with Crippen molar-refractivity contribution in [2.75, 3.05) is 7.11 Å². The second-order valence-electron chi connectivity index (χ2n) is 5.28. The number of methoxy groups -OCH3 is 1. The summed E-state index contributed by atoms with van der Waals surface area (Å²) in [6, 6.07) is 14.1. The van der Waals surface area contributed by atoms with E-state index in [2.05, 4.69) is 24.3 Å². The lowest BCUT2D eigenvalue weighted by molar-refractivity contribution is 0.373. The Hall–Kier alpha value is -2.29. The maximum absolute atomic E-state index is 10.1. The predicted octanol–water partition coefficient (Wildman–Crippen LogP) is 3.90. The summed E-state index contributed by atoms with van der Waals surface area (Å²) in [5.74, 6) is 0.621. The molecular formula is C18H19NO2. The SMILES string of the molecule is COc1cccc(C=N[C@@H]2CCCc3ccccc32)c1O. The predicted molar refractivity (Wildman–Crippen MR) is 84.4 cm³/mol. The first kappa shape index (κ1) is 13.7. The summed E-state index contributed by atoms with van der Waals surface area (Å²) in [4.78, 5) is 4.69. The fraction of sp³-hybridized carbons (Fsp3) is 0.278. The van der Waals surface area contributed by atoms with E-state index >= 15 is 0 Å². The van der Waals surface area contributed by atoms with Gasteiger partial charge in [-0.25, -0.2) is 0 Å². The highest BCUT2D eigenvalue weighted by Crippen LogP contribution is 2.33. The van der Waals surface area contributed by atoms with Crippen LogP contribution in [0, 0.1) is 0 Å². The minimum absolute atomic E-state index is 0.146. The van der Waals surface area contributed by atoms with Crippen molar-refractivity contribution in [1.29, 1.82) is 0 Å². The average molecular weight is 281 g/mol. The number of aryl methyl sites for hydroxylation is 1. The average Bonchev–Trinajstić information content (AvgIpc) is 2.54. The van der Waals surface area contributed by atoms with Crippen LogP contribution in [0.25, 0.3) is 0 Å². The number of hydrogen-bond donors (Lipinski definition) is 1. The highest BCUT2D eigenvalue weighted by molar-refractivity contribution is 5.85. The molecule has 1 N–H and O–H groups in total. The summed E-state index contributed by atoms with van der Waals surface area (Å²) in [5, 5.41) is 10.1. The molecule has 2 aromatic carbocycles. The van der Waals surface area contributed by atoms with Crippen LogP contribution in [0.15, 0.2) is 47.5 Å². The molecule has 0 aliphatic heterocycles. The van der Waals surface area contributed by atoms with Crippen LogP contribution in [0.1, 0.15) is 35.6 Å². The van der Waals surface area contributed by atoms with Crippen LogP contribution in [-0.2, 0) is 6.42 Å². The molecule has 0 fully saturated rings. The van der Waals surface area contributed by atoms with E-state index in [0.717, 1.165) is 19.3 Å². The van der Waals surface area contributed by atoms with Gasteiger partial charge in [0, 0.05) is 11.8 Å². The second-order valence-corrected chi connectivity index (χ2v) is 5.28. The summed E-state index contributed by atoms with van der Waals surface area (Å²) in [5.41, 5.74) is 3.39. The van der Waals surface area contributed by atoms with E-state index in [9.17, 15) is 5.11 Å². The van der Waals surface area contributed by atoms with E-state index in [1.165, 1.54) is 11.1 Å². The van der Waals surface area contributed by atoms with Crippen LogP contribution in [0.2, 0.25) is 0 Å². The number of fused-ring (bicyclic) bond motifs is 1. The van der Waals surface area contributed by atoms with E-state index in [1.54, 1.807) is 19.4 Å². The third kappa shape index (κ3) is 2.77. The van der Waals surface area contributed by atoms with Gasteiger partial charge in [-0.15, -0.1) is 0 Å². The van der Waals surface area contributed by atoms with Gasteiger partial charge in [0.05, 0.1) is 13.2 Å². The zero-order chi connectivity index (χ0) is 14.7. The van der Waals surface area contributed by atoms with Crippen molar-refractivity contribution in [3.05, 3.63) is 59.2 Å². The molecule has 0 heterocycles. The Morgan fingerprint density at radius 1 is 1.19 bits per heavy atom. The van der Waals surface area contributed by atoms with Crippen molar-refractivity contribution in [3.63, 3.8) is 0 Å². The van der Waals surface area contributed by atoms with Gasteiger partial charge in [0.2, 0.25) is 0 Å². The van der Waals surface area contributed by atoms with E-state index in [1.807, 2.05) is 12.1 Å². The van der Waals surface area contributed by atoms with Crippen molar-refractivity contribution >= 4 is 6.21 Å². The molecule has 21 heavy (non-hydrogen) atoms. The Balaban J connectivity index is 1.88. The molecule has 108 valence electrons. The van der Waals surface area contributed by atoms with Crippen LogP contribution in [-0.4, -0.2) is 18.4 Å². The first-order chi connectivity index (χ1) is 10.3. The third-order valence-electron chi connectivity index (χ3n) is 3.98. The molecule has 3 heteroatoms. The number of ether oxygens (including phenoxy) is 1. The van der Waals surface area contributed by atoms with Gasteiger partial charge in [0.1, 0.15) is 0 Å². The number of nitrogens with zero attached hydrogens (tertiary/aromatic N) is 1. The van der Waals surface area contributed by atoms with Gasteiger partial charge in [-0.1, -0.05) is 30.3 Å². The smallest absolute Gasteiger partial charge is 0.166 e. The van der Waals surface area contributed by atoms with Crippen molar-refractivity contribution in [2.24, 2.45) is 4.99 Å². The summed E-state index contributed by atoms with van der Waals surface area (Å²) in [6.45, 7) is 0. The Kier molecular flexibility index (Phi) is 3.91. The van der Waals surface area contributed by atoms with Gasteiger partial charge in [-0.2, -0.15) is 0 Å². The summed E-state index contributed by atoms with van der Waals surface area (Å²) in [6.07, 6.45) is 5.10. The lowest BCUT2D eigenvalue weighted by Crippen LogP contribution is -2.08. The number of aromatic hydroxyl groups is 1. The summed E-state index contributed by atoms with van der Waals surface area (Å²) < 4.78 is 5.12. The van der Waals surface area contributed by atoms with E-state index in [-0.39, 0.29) is 11.8 Å². The van der Waals surface area contributed by atoms with Gasteiger partial charge in [-0.05, 0) is 42.5 Å². The molecule has 0 saturated carbocycles. The van der Waals surface area contributed by atoms with Crippen molar-refractivity contribution in [1.82, 2.24) is 0 Å². The van der Waals surface area contributed by atoms with E-state index in [0.29, 0.717) is 11.3 Å². The molecule has 1 aliphatic rings. The Morgan fingerprint density at radius 2 is 2.05 bits per heavy atom. The minimum Gasteiger partial charge on any atom is -0.504 e. The number of phenolic OH excluding ortho intramolecular Hbond substituents is 1. The normalized spacial score (nSPS) is 17.7.